The Balaban J connectivity index is 0.00000484. The number of aromatic nitrogens is 3. The van der Waals surface area contributed by atoms with Crippen LogP contribution in [0.1, 0.15) is 52.7 Å². The number of anilines is 3. The Morgan fingerprint density at radius 2 is 1.20 bits per heavy atom. The van der Waals surface area contributed by atoms with Gasteiger partial charge in [-0.15, -0.1) is 23.2 Å². The Labute approximate surface area is 388 Å². The van der Waals surface area contributed by atoms with Gasteiger partial charge in [0.15, 0.2) is 0 Å². The van der Waals surface area contributed by atoms with Gasteiger partial charge in [-0.1, -0.05) is 180 Å². The van der Waals surface area contributed by atoms with Crippen LogP contribution in [-0.2, 0) is 31.9 Å². The van der Waals surface area contributed by atoms with Crippen LogP contribution in [0.25, 0.3) is 88.2 Å². The van der Waals surface area contributed by atoms with Crippen molar-refractivity contribution in [2.75, 3.05) is 4.90 Å². The van der Waals surface area contributed by atoms with Crippen LogP contribution in [0.15, 0.2) is 174 Å². The van der Waals surface area contributed by atoms with Gasteiger partial charge < -0.3 is 14.3 Å². The van der Waals surface area contributed by atoms with Gasteiger partial charge in [0.1, 0.15) is 11.4 Å². The number of hydrogen-bond acceptors (Lipinski definition) is 4. The van der Waals surface area contributed by atoms with Crippen molar-refractivity contribution in [1.29, 1.82) is 0 Å². The van der Waals surface area contributed by atoms with Crippen LogP contribution >= 0.6 is 0 Å². The summed E-state index contributed by atoms with van der Waals surface area (Å²) in [7, 11) is 0. The molecule has 0 fully saturated rings. The molecule has 0 atom stereocenters. The second-order valence-electron chi connectivity index (χ2n) is 18.6. The summed E-state index contributed by atoms with van der Waals surface area (Å²) in [6.07, 6.45) is 1.84. The predicted molar refractivity (Wildman–Crippen MR) is 262 cm³/mol. The van der Waals surface area contributed by atoms with E-state index in [4.69, 9.17) is 19.4 Å². The number of hydrogen-bond donors (Lipinski definition) is 0. The molecule has 0 saturated heterocycles. The molecular formula is C58H46N4OPt. The zero-order valence-corrected chi connectivity index (χ0v) is 39.0. The van der Waals surface area contributed by atoms with E-state index in [0.717, 1.165) is 105 Å². The van der Waals surface area contributed by atoms with Gasteiger partial charge >= 0.3 is 21.1 Å². The van der Waals surface area contributed by atoms with E-state index in [1.807, 2.05) is 36.5 Å². The molecule has 0 bridgehead atoms. The van der Waals surface area contributed by atoms with E-state index < -0.39 is 0 Å². The molecule has 6 heteroatoms. The second-order valence-corrected chi connectivity index (χ2v) is 18.6. The van der Waals surface area contributed by atoms with Crippen molar-refractivity contribution in [3.05, 3.63) is 187 Å². The van der Waals surface area contributed by atoms with Gasteiger partial charge in [-0.2, -0.15) is 0 Å². The molecule has 4 heterocycles. The van der Waals surface area contributed by atoms with Gasteiger partial charge in [0.25, 0.3) is 0 Å². The SMILES string of the molecule is CC(C)(C)c1cc(-c2cc(-c3cccc4c3[n-]c3ccccc34)nc(-c3[c-]c(N(c4ccccn4)c4cccc5ccccc45)cc4c3oc3ccccc34)c2)cc(C(C)(C)C)c1.[Pt+2]. The van der Waals surface area contributed by atoms with Crippen LogP contribution in [0.5, 0.6) is 0 Å². The molecule has 11 aromatic rings. The molecule has 0 N–H and O–H groups in total. The number of benzene rings is 7. The van der Waals surface area contributed by atoms with Crippen molar-refractivity contribution in [1.82, 2.24) is 15.0 Å². The summed E-state index contributed by atoms with van der Waals surface area (Å²) in [5.41, 5.74) is 13.2. The molecular weight excluding hydrogens is 964 g/mol. The summed E-state index contributed by atoms with van der Waals surface area (Å²) >= 11 is 0. The molecule has 0 saturated carbocycles. The fourth-order valence-electron chi connectivity index (χ4n) is 8.95. The predicted octanol–water partition coefficient (Wildman–Crippen LogP) is 15.7. The molecule has 5 nitrogen and oxygen atoms in total. The third-order valence-corrected chi connectivity index (χ3v) is 12.3. The van der Waals surface area contributed by atoms with E-state index in [-0.39, 0.29) is 31.9 Å². The standard InChI is InChI=1S/C58H46N4O.Pt/c1-57(2,3)39-29-37(30-40(33-39)58(4,5)6)38-31-50(46-23-16-22-45-43-20-9-11-24-49(43)61-55(45)46)60-51(32-38)48-35-41(34-47-44-21-10-12-26-53(44)63-56(47)48)62(54-27-13-14-28-59-54)52-25-15-18-36-17-7-8-19-42(36)52;/h7-34H,1-6H3;/q-2;+2. The van der Waals surface area contributed by atoms with Crippen molar-refractivity contribution in [2.45, 2.75) is 52.4 Å². The van der Waals surface area contributed by atoms with E-state index in [0.29, 0.717) is 0 Å². The zero-order valence-electron chi connectivity index (χ0n) is 36.7. The summed E-state index contributed by atoms with van der Waals surface area (Å²) < 4.78 is 6.87. The first kappa shape index (κ1) is 41.2. The number of para-hydroxylation sites is 3. The van der Waals surface area contributed by atoms with Crippen LogP contribution in [0.4, 0.5) is 17.2 Å². The molecule has 0 unspecified atom stereocenters. The first-order valence-electron chi connectivity index (χ1n) is 21.7. The van der Waals surface area contributed by atoms with E-state index >= 15 is 0 Å². The molecule has 314 valence electrons. The summed E-state index contributed by atoms with van der Waals surface area (Å²) in [6.45, 7) is 13.7. The van der Waals surface area contributed by atoms with Gasteiger partial charge in [0.2, 0.25) is 0 Å². The van der Waals surface area contributed by atoms with E-state index in [2.05, 4.69) is 186 Å². The topological polar surface area (TPSA) is 56.3 Å². The number of nitrogens with zero attached hydrogens (tertiary/aromatic N) is 4. The zero-order chi connectivity index (χ0) is 43.0. The van der Waals surface area contributed by atoms with Crippen LogP contribution in [-0.4, -0.2) is 9.97 Å². The van der Waals surface area contributed by atoms with Crippen molar-refractivity contribution in [3.63, 3.8) is 0 Å². The molecule has 7 aromatic carbocycles. The number of furan rings is 1. The molecule has 0 aliphatic carbocycles. The van der Waals surface area contributed by atoms with Gasteiger partial charge in [-0.05, 0) is 96.5 Å². The minimum atomic E-state index is -0.0707. The molecule has 4 aromatic heterocycles. The van der Waals surface area contributed by atoms with Crippen LogP contribution in [0.3, 0.4) is 0 Å². The number of rotatable bonds is 6. The van der Waals surface area contributed by atoms with Crippen molar-refractivity contribution >= 4 is 71.7 Å². The molecule has 0 radical (unpaired) electrons. The first-order valence-corrected chi connectivity index (χ1v) is 21.7. The molecule has 11 rings (SSSR count). The Kier molecular flexibility index (Phi) is 10.2. The maximum atomic E-state index is 6.87. The number of pyridine rings is 2. The van der Waals surface area contributed by atoms with Gasteiger partial charge in [0.05, 0.1) is 17.0 Å². The minimum absolute atomic E-state index is 0. The van der Waals surface area contributed by atoms with E-state index in [1.54, 1.807) is 0 Å². The summed E-state index contributed by atoms with van der Waals surface area (Å²) in [4.78, 5) is 18.0. The van der Waals surface area contributed by atoms with Crippen LogP contribution < -0.4 is 9.88 Å². The third kappa shape index (κ3) is 7.18. The Hall–Kier alpha value is -6.81. The Morgan fingerprint density at radius 3 is 1.97 bits per heavy atom. The van der Waals surface area contributed by atoms with Crippen LogP contribution in [0, 0.1) is 6.07 Å². The van der Waals surface area contributed by atoms with Crippen molar-refractivity contribution < 1.29 is 25.5 Å². The average Bonchev–Trinajstić information content (AvgIpc) is 3.87. The molecule has 0 spiro atoms. The normalized spacial score (nSPS) is 12.1. The maximum absolute atomic E-state index is 6.87. The van der Waals surface area contributed by atoms with Gasteiger partial charge in [-0.25, -0.2) is 4.98 Å². The van der Waals surface area contributed by atoms with Crippen LogP contribution in [0.2, 0.25) is 0 Å². The molecule has 0 amide bonds. The summed E-state index contributed by atoms with van der Waals surface area (Å²) in [5, 5.41) is 6.48. The average molecular weight is 1010 g/mol. The molecule has 0 aliphatic rings. The van der Waals surface area contributed by atoms with E-state index in [1.165, 1.54) is 11.1 Å². The van der Waals surface area contributed by atoms with Gasteiger partial charge in [-0.3, -0.25) is 4.98 Å². The maximum Gasteiger partial charge on any atom is 2.00 e. The molecule has 0 aliphatic heterocycles. The quantitative estimate of drug-likeness (QED) is 0.155. The smallest absolute Gasteiger partial charge is 0.656 e. The fraction of sp³-hybridized carbons (Fsp3) is 0.138. The van der Waals surface area contributed by atoms with Gasteiger partial charge in [0, 0.05) is 17.0 Å². The Morgan fingerprint density at radius 1 is 0.562 bits per heavy atom. The largest absolute Gasteiger partial charge is 2.00 e. The van der Waals surface area contributed by atoms with Crippen molar-refractivity contribution in [2.24, 2.45) is 0 Å². The summed E-state index contributed by atoms with van der Waals surface area (Å²) in [6, 6.07) is 61.7. The first-order chi connectivity index (χ1) is 30.5. The monoisotopic (exact) mass is 1010 g/mol. The van der Waals surface area contributed by atoms with Crippen molar-refractivity contribution in [3.8, 4) is 33.6 Å². The van der Waals surface area contributed by atoms with E-state index in [9.17, 15) is 0 Å². The summed E-state index contributed by atoms with van der Waals surface area (Å²) in [5.74, 6) is 0.778. The number of fused-ring (bicyclic) bond motifs is 7. The molecule has 64 heavy (non-hydrogen) atoms. The minimum Gasteiger partial charge on any atom is -0.656 e. The Bertz CT molecular complexity index is 3510. The second kappa shape index (κ2) is 15.8. The third-order valence-electron chi connectivity index (χ3n) is 12.3. The fourth-order valence-corrected chi connectivity index (χ4v) is 8.95.